The minimum absolute atomic E-state index is 0.141. The van der Waals surface area contributed by atoms with E-state index in [-0.39, 0.29) is 18.9 Å². The van der Waals surface area contributed by atoms with E-state index in [4.69, 9.17) is 5.11 Å². The molecule has 0 atom stereocenters. The molecule has 0 amide bonds. The lowest BCUT2D eigenvalue weighted by molar-refractivity contribution is 0.254. The first-order valence-corrected chi connectivity index (χ1v) is 7.83. The van der Waals surface area contributed by atoms with Crippen LogP contribution in [0.4, 0.5) is 0 Å². The van der Waals surface area contributed by atoms with Gasteiger partial charge in [-0.15, -0.1) is 0 Å². The first-order chi connectivity index (χ1) is 8.60. The van der Waals surface area contributed by atoms with Crippen LogP contribution in [0, 0.1) is 0 Å². The molecule has 5 heteroatoms. The molecule has 0 bridgehead atoms. The predicted molar refractivity (Wildman–Crippen MR) is 72.9 cm³/mol. The Balaban J connectivity index is 2.64. The summed E-state index contributed by atoms with van der Waals surface area (Å²) in [6.07, 6.45) is 1.26. The molecule has 1 aromatic carbocycles. The number of sulfonamides is 1. The summed E-state index contributed by atoms with van der Waals surface area (Å²) in [5.41, 5.74) is 1.10. The van der Waals surface area contributed by atoms with Crippen molar-refractivity contribution in [1.29, 1.82) is 0 Å². The highest BCUT2D eigenvalue weighted by Gasteiger charge is 2.19. The molecule has 0 unspecified atom stereocenters. The lowest BCUT2D eigenvalue weighted by Crippen LogP contribution is -2.36. The Kier molecular flexibility index (Phi) is 6.32. The van der Waals surface area contributed by atoms with Gasteiger partial charge in [-0.25, -0.2) is 8.42 Å². The third-order valence-electron chi connectivity index (χ3n) is 2.70. The number of hydrogen-bond acceptors (Lipinski definition) is 3. The van der Waals surface area contributed by atoms with Crippen molar-refractivity contribution in [3.63, 3.8) is 0 Å². The van der Waals surface area contributed by atoms with Crippen molar-refractivity contribution >= 4 is 10.0 Å². The van der Waals surface area contributed by atoms with Crippen molar-refractivity contribution in [3.05, 3.63) is 35.9 Å². The van der Waals surface area contributed by atoms with Crippen LogP contribution in [0.3, 0.4) is 0 Å². The Bertz CT molecular complexity index is 431. The van der Waals surface area contributed by atoms with Gasteiger partial charge in [0.05, 0.1) is 12.4 Å². The van der Waals surface area contributed by atoms with Gasteiger partial charge in [-0.3, -0.25) is 0 Å². The van der Waals surface area contributed by atoms with E-state index in [1.54, 1.807) is 0 Å². The van der Waals surface area contributed by atoms with E-state index in [2.05, 4.69) is 0 Å². The van der Waals surface area contributed by atoms with Crippen molar-refractivity contribution < 1.29 is 13.5 Å². The molecule has 102 valence electrons. The highest BCUT2D eigenvalue weighted by Crippen LogP contribution is 2.07. The standard InChI is InChI=1S/C13H21NO3S/c1-2-12-18(16,17)14(10-11-15)9-8-13-6-4-3-5-7-13/h3-7,15H,2,8-12H2,1H3. The molecule has 0 aromatic heterocycles. The fraction of sp³-hybridized carbons (Fsp3) is 0.538. The summed E-state index contributed by atoms with van der Waals surface area (Å²) in [7, 11) is -3.23. The molecule has 1 rings (SSSR count). The molecular weight excluding hydrogens is 250 g/mol. The Morgan fingerprint density at radius 3 is 2.39 bits per heavy atom. The molecule has 1 aromatic rings. The van der Waals surface area contributed by atoms with Crippen LogP contribution in [-0.2, 0) is 16.4 Å². The molecule has 1 N–H and O–H groups in total. The Hall–Kier alpha value is -0.910. The van der Waals surface area contributed by atoms with E-state index in [1.165, 1.54) is 4.31 Å². The van der Waals surface area contributed by atoms with E-state index in [0.717, 1.165) is 5.56 Å². The lowest BCUT2D eigenvalue weighted by atomic mass is 10.1. The van der Waals surface area contributed by atoms with Gasteiger partial charge in [0.2, 0.25) is 10.0 Å². The molecule has 0 saturated carbocycles. The second-order valence-electron chi connectivity index (χ2n) is 4.17. The van der Waals surface area contributed by atoms with Crippen LogP contribution in [-0.4, -0.2) is 43.3 Å². The summed E-state index contributed by atoms with van der Waals surface area (Å²) < 4.78 is 25.3. The largest absolute Gasteiger partial charge is 0.395 e. The van der Waals surface area contributed by atoms with Gasteiger partial charge in [0.1, 0.15) is 0 Å². The molecule has 4 nitrogen and oxygen atoms in total. The summed E-state index contributed by atoms with van der Waals surface area (Å²) >= 11 is 0. The van der Waals surface area contributed by atoms with Gasteiger partial charge in [0.15, 0.2) is 0 Å². The van der Waals surface area contributed by atoms with Gasteiger partial charge in [-0.1, -0.05) is 37.3 Å². The summed E-state index contributed by atoms with van der Waals surface area (Å²) in [5, 5.41) is 8.96. The first kappa shape index (κ1) is 15.1. The molecule has 0 spiro atoms. The van der Waals surface area contributed by atoms with Crippen molar-refractivity contribution in [2.75, 3.05) is 25.4 Å². The highest BCUT2D eigenvalue weighted by molar-refractivity contribution is 7.89. The zero-order valence-corrected chi connectivity index (χ0v) is 11.6. The van der Waals surface area contributed by atoms with Crippen LogP contribution in [0.25, 0.3) is 0 Å². The summed E-state index contributed by atoms with van der Waals surface area (Å²) in [4.78, 5) is 0. The van der Waals surface area contributed by atoms with Gasteiger partial charge in [-0.2, -0.15) is 4.31 Å². The van der Waals surface area contributed by atoms with Crippen LogP contribution < -0.4 is 0 Å². The molecule has 0 heterocycles. The molecule has 0 fully saturated rings. The Labute approximate surface area is 109 Å². The van der Waals surface area contributed by atoms with Crippen LogP contribution in [0.15, 0.2) is 30.3 Å². The molecule has 0 aliphatic rings. The maximum absolute atomic E-state index is 12.0. The highest BCUT2D eigenvalue weighted by atomic mass is 32.2. The van der Waals surface area contributed by atoms with E-state index in [9.17, 15) is 8.42 Å². The average molecular weight is 271 g/mol. The normalized spacial score (nSPS) is 11.9. The average Bonchev–Trinajstić information content (AvgIpc) is 2.35. The SMILES string of the molecule is CCCS(=O)(=O)N(CCO)CCc1ccccc1. The van der Waals surface area contributed by atoms with Crippen molar-refractivity contribution in [2.45, 2.75) is 19.8 Å². The number of aliphatic hydroxyl groups excluding tert-OH is 1. The molecule has 0 aliphatic heterocycles. The molecule has 18 heavy (non-hydrogen) atoms. The quantitative estimate of drug-likeness (QED) is 0.774. The second-order valence-corrected chi connectivity index (χ2v) is 6.26. The van der Waals surface area contributed by atoms with E-state index < -0.39 is 10.0 Å². The van der Waals surface area contributed by atoms with Crippen LogP contribution in [0.2, 0.25) is 0 Å². The van der Waals surface area contributed by atoms with Gasteiger partial charge in [0, 0.05) is 13.1 Å². The van der Waals surface area contributed by atoms with Crippen molar-refractivity contribution in [3.8, 4) is 0 Å². The Morgan fingerprint density at radius 1 is 1.17 bits per heavy atom. The Morgan fingerprint density at radius 2 is 1.83 bits per heavy atom. The number of aliphatic hydroxyl groups is 1. The molecule has 0 radical (unpaired) electrons. The molecule has 0 aliphatic carbocycles. The zero-order valence-electron chi connectivity index (χ0n) is 10.7. The van der Waals surface area contributed by atoms with Gasteiger partial charge in [0.25, 0.3) is 0 Å². The monoisotopic (exact) mass is 271 g/mol. The third kappa shape index (κ3) is 4.76. The third-order valence-corrected chi connectivity index (χ3v) is 4.77. The van der Waals surface area contributed by atoms with Gasteiger partial charge < -0.3 is 5.11 Å². The summed E-state index contributed by atoms with van der Waals surface area (Å²) in [6, 6.07) is 9.76. The lowest BCUT2D eigenvalue weighted by Gasteiger charge is -2.20. The maximum Gasteiger partial charge on any atom is 0.214 e. The van der Waals surface area contributed by atoms with E-state index >= 15 is 0 Å². The smallest absolute Gasteiger partial charge is 0.214 e. The fourth-order valence-electron chi connectivity index (χ4n) is 1.79. The number of benzene rings is 1. The zero-order chi connectivity index (χ0) is 13.4. The minimum atomic E-state index is -3.23. The van der Waals surface area contributed by atoms with Gasteiger partial charge >= 0.3 is 0 Å². The maximum atomic E-state index is 12.0. The predicted octanol–water partition coefficient (Wildman–Crippen LogP) is 1.26. The second kappa shape index (κ2) is 7.51. The number of nitrogens with zero attached hydrogens (tertiary/aromatic N) is 1. The van der Waals surface area contributed by atoms with E-state index in [0.29, 0.717) is 19.4 Å². The van der Waals surface area contributed by atoms with Gasteiger partial charge in [-0.05, 0) is 18.4 Å². The minimum Gasteiger partial charge on any atom is -0.395 e. The number of rotatable bonds is 8. The summed E-state index contributed by atoms with van der Waals surface area (Å²) in [5.74, 6) is 0.141. The van der Waals surface area contributed by atoms with Crippen LogP contribution in [0.5, 0.6) is 0 Å². The molecule has 0 saturated heterocycles. The topological polar surface area (TPSA) is 57.6 Å². The van der Waals surface area contributed by atoms with Crippen LogP contribution in [0.1, 0.15) is 18.9 Å². The van der Waals surface area contributed by atoms with E-state index in [1.807, 2.05) is 37.3 Å². The summed E-state index contributed by atoms with van der Waals surface area (Å²) in [6.45, 7) is 2.30. The molecular formula is C13H21NO3S. The first-order valence-electron chi connectivity index (χ1n) is 6.22. The van der Waals surface area contributed by atoms with Crippen LogP contribution >= 0.6 is 0 Å². The van der Waals surface area contributed by atoms with Crippen molar-refractivity contribution in [2.24, 2.45) is 0 Å². The fourth-order valence-corrected chi connectivity index (χ4v) is 3.29. The number of hydrogen-bond donors (Lipinski definition) is 1. The van der Waals surface area contributed by atoms with Crippen molar-refractivity contribution in [1.82, 2.24) is 4.31 Å².